The molecule has 2 N–H and O–H groups in total. The number of nitrogen functional groups attached to an aromatic ring is 1. The number of nitrogens with zero attached hydrogens (tertiary/aromatic N) is 2. The van der Waals surface area contributed by atoms with E-state index in [1.165, 1.54) is 0 Å². The van der Waals surface area contributed by atoms with Crippen LogP contribution in [0.15, 0.2) is 24.4 Å². The van der Waals surface area contributed by atoms with Crippen LogP contribution in [0.4, 0.5) is 5.95 Å². The maximum absolute atomic E-state index is 5.58. The Hall–Kier alpha value is -2.30. The van der Waals surface area contributed by atoms with E-state index in [-0.39, 0.29) is 12.7 Å². The van der Waals surface area contributed by atoms with Gasteiger partial charge in [0.25, 0.3) is 0 Å². The van der Waals surface area contributed by atoms with Crippen molar-refractivity contribution in [3.8, 4) is 22.8 Å². The predicted molar refractivity (Wildman–Crippen MR) is 62.7 cm³/mol. The molecule has 0 spiro atoms. The van der Waals surface area contributed by atoms with Crippen molar-refractivity contribution in [2.75, 3.05) is 12.5 Å². The molecule has 0 unspecified atom stereocenters. The molecule has 0 saturated heterocycles. The number of ether oxygens (including phenoxy) is 2. The van der Waals surface area contributed by atoms with E-state index in [2.05, 4.69) is 9.97 Å². The smallest absolute Gasteiger partial charge is 0.231 e. The highest BCUT2D eigenvalue weighted by Crippen LogP contribution is 2.37. The molecule has 0 bridgehead atoms. The Bertz CT molecular complexity index is 584. The quantitative estimate of drug-likeness (QED) is 0.806. The molecule has 5 heteroatoms. The lowest BCUT2D eigenvalue weighted by atomic mass is 10.0. The molecule has 1 aromatic heterocycles. The molecule has 0 saturated carbocycles. The largest absolute Gasteiger partial charge is 0.454 e. The van der Waals surface area contributed by atoms with Crippen molar-refractivity contribution in [1.29, 1.82) is 0 Å². The Morgan fingerprint density at radius 2 is 2.00 bits per heavy atom. The number of fused-ring (bicyclic) bond motifs is 1. The highest BCUT2D eigenvalue weighted by atomic mass is 16.7. The minimum atomic E-state index is 0.263. The maximum atomic E-state index is 5.58. The lowest BCUT2D eigenvalue weighted by Crippen LogP contribution is -1.96. The zero-order valence-electron chi connectivity index (χ0n) is 9.30. The molecule has 1 aliphatic rings. The molecule has 0 amide bonds. The van der Waals surface area contributed by atoms with Gasteiger partial charge < -0.3 is 15.2 Å². The molecule has 0 fully saturated rings. The second kappa shape index (κ2) is 3.62. The van der Waals surface area contributed by atoms with E-state index in [0.29, 0.717) is 0 Å². The van der Waals surface area contributed by atoms with Gasteiger partial charge in [0.15, 0.2) is 11.5 Å². The van der Waals surface area contributed by atoms with Gasteiger partial charge in [0, 0.05) is 11.8 Å². The van der Waals surface area contributed by atoms with Gasteiger partial charge in [-0.3, -0.25) is 0 Å². The van der Waals surface area contributed by atoms with Gasteiger partial charge in [-0.2, -0.15) is 0 Å². The number of anilines is 1. The van der Waals surface area contributed by atoms with Crippen molar-refractivity contribution in [2.45, 2.75) is 6.92 Å². The number of nitrogens with two attached hydrogens (primary N) is 1. The zero-order valence-corrected chi connectivity index (χ0v) is 9.30. The van der Waals surface area contributed by atoms with E-state index in [1.54, 1.807) is 6.20 Å². The molecule has 1 aromatic carbocycles. The molecule has 0 aliphatic carbocycles. The van der Waals surface area contributed by atoms with Gasteiger partial charge in [-0.15, -0.1) is 0 Å². The van der Waals surface area contributed by atoms with Crippen LogP contribution in [0.5, 0.6) is 11.5 Å². The molecule has 2 aromatic rings. The summed E-state index contributed by atoms with van der Waals surface area (Å²) in [6.07, 6.45) is 1.64. The van der Waals surface area contributed by atoms with Crippen molar-refractivity contribution in [3.63, 3.8) is 0 Å². The van der Waals surface area contributed by atoms with Crippen LogP contribution in [0.2, 0.25) is 0 Å². The minimum absolute atomic E-state index is 0.263. The van der Waals surface area contributed by atoms with Gasteiger partial charge in [0.1, 0.15) is 0 Å². The summed E-state index contributed by atoms with van der Waals surface area (Å²) < 4.78 is 10.7. The van der Waals surface area contributed by atoms with Gasteiger partial charge >= 0.3 is 0 Å². The van der Waals surface area contributed by atoms with E-state index in [9.17, 15) is 0 Å². The van der Waals surface area contributed by atoms with Crippen LogP contribution in [0.1, 0.15) is 5.56 Å². The van der Waals surface area contributed by atoms with E-state index >= 15 is 0 Å². The van der Waals surface area contributed by atoms with Gasteiger partial charge in [0.05, 0.1) is 5.69 Å². The van der Waals surface area contributed by atoms with Gasteiger partial charge in [-0.25, -0.2) is 9.97 Å². The first-order valence-electron chi connectivity index (χ1n) is 5.23. The van der Waals surface area contributed by atoms with Crippen molar-refractivity contribution in [1.82, 2.24) is 9.97 Å². The highest BCUT2D eigenvalue weighted by Gasteiger charge is 2.16. The first kappa shape index (κ1) is 9.89. The van der Waals surface area contributed by atoms with Crippen LogP contribution >= 0.6 is 0 Å². The second-order valence-corrected chi connectivity index (χ2v) is 3.82. The van der Waals surface area contributed by atoms with Crippen molar-refractivity contribution >= 4 is 5.95 Å². The summed E-state index contributed by atoms with van der Waals surface area (Å²) in [5, 5.41) is 0. The highest BCUT2D eigenvalue weighted by molar-refractivity contribution is 5.68. The monoisotopic (exact) mass is 229 g/mol. The van der Waals surface area contributed by atoms with Gasteiger partial charge in [-0.05, 0) is 30.7 Å². The fourth-order valence-electron chi connectivity index (χ4n) is 1.84. The molecule has 86 valence electrons. The molecular weight excluding hydrogens is 218 g/mol. The van der Waals surface area contributed by atoms with Crippen molar-refractivity contribution in [3.05, 3.63) is 30.0 Å². The number of aromatic nitrogens is 2. The summed E-state index contributed by atoms with van der Waals surface area (Å²) in [6.45, 7) is 2.26. The molecular formula is C12H11N3O2. The molecule has 0 radical (unpaired) electrons. The first-order valence-corrected chi connectivity index (χ1v) is 5.23. The molecule has 0 atom stereocenters. The summed E-state index contributed by atoms with van der Waals surface area (Å²) in [6, 6.07) is 5.68. The molecule has 3 rings (SSSR count). The lowest BCUT2D eigenvalue weighted by molar-refractivity contribution is 0.174. The van der Waals surface area contributed by atoms with Gasteiger partial charge in [-0.1, -0.05) is 0 Å². The lowest BCUT2D eigenvalue weighted by Gasteiger charge is -2.07. The number of rotatable bonds is 1. The summed E-state index contributed by atoms with van der Waals surface area (Å²) in [5.41, 5.74) is 8.40. The van der Waals surface area contributed by atoms with Gasteiger partial charge in [0.2, 0.25) is 12.7 Å². The second-order valence-electron chi connectivity index (χ2n) is 3.82. The number of hydrogen-bond acceptors (Lipinski definition) is 5. The third kappa shape index (κ3) is 1.65. The van der Waals surface area contributed by atoms with Crippen molar-refractivity contribution < 1.29 is 9.47 Å². The zero-order chi connectivity index (χ0) is 11.8. The maximum Gasteiger partial charge on any atom is 0.231 e. The fraction of sp³-hybridized carbons (Fsp3) is 0.167. The number of aryl methyl sites for hydroxylation is 1. The third-order valence-electron chi connectivity index (χ3n) is 2.67. The third-order valence-corrected chi connectivity index (χ3v) is 2.67. The summed E-state index contributed by atoms with van der Waals surface area (Å²) in [4.78, 5) is 8.08. The Morgan fingerprint density at radius 1 is 1.24 bits per heavy atom. The number of benzene rings is 1. The van der Waals surface area contributed by atoms with Crippen LogP contribution in [0.3, 0.4) is 0 Å². The van der Waals surface area contributed by atoms with Crippen LogP contribution in [0.25, 0.3) is 11.3 Å². The molecule has 1 aliphatic heterocycles. The topological polar surface area (TPSA) is 70.3 Å². The standard InChI is InChI=1S/C12H11N3O2/c1-7-4-10-11(17-6-16-10)5-8(7)9-2-3-14-12(13)15-9/h2-5H,6H2,1H3,(H2,13,14,15). The normalized spacial score (nSPS) is 12.8. The minimum Gasteiger partial charge on any atom is -0.454 e. The van der Waals surface area contributed by atoms with Crippen molar-refractivity contribution in [2.24, 2.45) is 0 Å². The summed E-state index contributed by atoms with van der Waals surface area (Å²) in [5.74, 6) is 1.77. The molecule has 17 heavy (non-hydrogen) atoms. The SMILES string of the molecule is Cc1cc2c(cc1-c1ccnc(N)n1)OCO2. The Labute approximate surface area is 98.2 Å². The fourth-order valence-corrected chi connectivity index (χ4v) is 1.84. The van der Waals surface area contributed by atoms with Crippen LogP contribution in [-0.2, 0) is 0 Å². The Balaban J connectivity index is 2.15. The average molecular weight is 229 g/mol. The Morgan fingerprint density at radius 3 is 2.76 bits per heavy atom. The summed E-state index contributed by atoms with van der Waals surface area (Å²) >= 11 is 0. The summed E-state index contributed by atoms with van der Waals surface area (Å²) in [7, 11) is 0. The predicted octanol–water partition coefficient (Wildman–Crippen LogP) is 1.76. The first-order chi connectivity index (χ1) is 8.24. The van der Waals surface area contributed by atoms with E-state index in [1.807, 2.05) is 25.1 Å². The van der Waals surface area contributed by atoms with Crippen LogP contribution in [-0.4, -0.2) is 16.8 Å². The van der Waals surface area contributed by atoms with E-state index in [0.717, 1.165) is 28.3 Å². The molecule has 5 nitrogen and oxygen atoms in total. The van der Waals surface area contributed by atoms with E-state index in [4.69, 9.17) is 15.2 Å². The molecule has 2 heterocycles. The number of hydrogen-bond donors (Lipinski definition) is 1. The van der Waals surface area contributed by atoms with Crippen LogP contribution in [0, 0.1) is 6.92 Å². The van der Waals surface area contributed by atoms with E-state index < -0.39 is 0 Å². The van der Waals surface area contributed by atoms with Crippen LogP contribution < -0.4 is 15.2 Å². The Kier molecular flexibility index (Phi) is 2.11. The average Bonchev–Trinajstić information content (AvgIpc) is 2.75.